The summed E-state index contributed by atoms with van der Waals surface area (Å²) >= 11 is 5.17. The number of halogens is 1. The molecule has 5 nitrogen and oxygen atoms in total. The van der Waals surface area contributed by atoms with Gasteiger partial charge in [-0.05, 0) is 52.7 Å². The highest BCUT2D eigenvalue weighted by atomic mass is 79.9. The summed E-state index contributed by atoms with van der Waals surface area (Å²) in [6.07, 6.45) is 0.860. The lowest BCUT2D eigenvalue weighted by Crippen LogP contribution is -2.32. The van der Waals surface area contributed by atoms with Gasteiger partial charge >= 0.3 is 0 Å². The first-order valence-corrected chi connectivity index (χ1v) is 11.6. The third-order valence-electron chi connectivity index (χ3n) is 4.44. The summed E-state index contributed by atoms with van der Waals surface area (Å²) in [4.78, 5) is 16.3. The Bertz CT molecular complexity index is 977. The van der Waals surface area contributed by atoms with Gasteiger partial charge in [0, 0.05) is 35.3 Å². The van der Waals surface area contributed by atoms with Crippen LogP contribution in [0.25, 0.3) is 0 Å². The Hall–Kier alpha value is -1.35. The number of anilines is 1. The lowest BCUT2D eigenvalue weighted by Gasteiger charge is -2.23. The van der Waals surface area contributed by atoms with Crippen molar-refractivity contribution in [3.8, 4) is 0 Å². The van der Waals surface area contributed by atoms with E-state index < -0.39 is 10.0 Å². The smallest absolute Gasteiger partial charge is 0.259 e. The third kappa shape index (κ3) is 4.08. The van der Waals surface area contributed by atoms with Gasteiger partial charge in [-0.1, -0.05) is 19.1 Å². The lowest BCUT2D eigenvalue weighted by atomic mass is 10.1. The van der Waals surface area contributed by atoms with Crippen molar-refractivity contribution in [2.75, 3.05) is 25.5 Å². The van der Waals surface area contributed by atoms with E-state index in [1.165, 1.54) is 26.2 Å². The Labute approximate surface area is 172 Å². The van der Waals surface area contributed by atoms with Crippen LogP contribution in [0.4, 0.5) is 5.69 Å². The summed E-state index contributed by atoms with van der Waals surface area (Å²) < 4.78 is 26.7. The van der Waals surface area contributed by atoms with E-state index in [0.717, 1.165) is 21.3 Å². The number of para-hydroxylation sites is 1. The zero-order valence-electron chi connectivity index (χ0n) is 15.3. The molecule has 0 saturated carbocycles. The number of carbonyl (C=O) groups excluding carboxylic acids is 1. The summed E-state index contributed by atoms with van der Waals surface area (Å²) in [5, 5.41) is 0.396. The first-order chi connectivity index (χ1) is 12.7. The number of amides is 1. The second-order valence-corrected chi connectivity index (χ2v) is 11.1. The molecule has 0 radical (unpaired) electrons. The average Bonchev–Trinajstić information content (AvgIpc) is 2.79. The first-order valence-electron chi connectivity index (χ1n) is 8.51. The molecule has 0 unspecified atom stereocenters. The SMILES string of the molecule is C[C@H]1CCN(C(=O)c2cc(S(=O)(=O)N(C)C)ccc2Br)c2ccccc2S1. The van der Waals surface area contributed by atoms with Crippen LogP contribution in [0.1, 0.15) is 23.7 Å². The van der Waals surface area contributed by atoms with E-state index in [2.05, 4.69) is 22.9 Å². The van der Waals surface area contributed by atoms with Crippen molar-refractivity contribution in [3.63, 3.8) is 0 Å². The summed E-state index contributed by atoms with van der Waals surface area (Å²) in [6.45, 7) is 2.73. The van der Waals surface area contributed by atoms with Gasteiger partial charge in [-0.15, -0.1) is 11.8 Å². The largest absolute Gasteiger partial charge is 0.307 e. The molecule has 1 amide bonds. The summed E-state index contributed by atoms with van der Waals surface area (Å²) in [5.74, 6) is -0.208. The van der Waals surface area contributed by atoms with Crippen LogP contribution < -0.4 is 4.90 Å². The van der Waals surface area contributed by atoms with Crippen LogP contribution >= 0.6 is 27.7 Å². The molecular weight excluding hydrogens is 448 g/mol. The molecule has 0 aliphatic carbocycles. The van der Waals surface area contributed by atoms with Crippen molar-refractivity contribution < 1.29 is 13.2 Å². The van der Waals surface area contributed by atoms with Crippen LogP contribution in [0.2, 0.25) is 0 Å². The fourth-order valence-electron chi connectivity index (χ4n) is 2.88. The van der Waals surface area contributed by atoms with E-state index in [4.69, 9.17) is 0 Å². The summed E-state index contributed by atoms with van der Waals surface area (Å²) in [5.41, 5.74) is 1.21. The van der Waals surface area contributed by atoms with Crippen molar-refractivity contribution in [1.29, 1.82) is 0 Å². The standard InChI is InChI=1S/C19H21BrN2O3S2/c1-13-10-11-22(17-6-4-5-7-18(17)26-13)19(23)15-12-14(8-9-16(15)20)27(24,25)21(2)3/h4-9,12-13H,10-11H2,1-3H3/t13-/m0/s1. The van der Waals surface area contributed by atoms with Crippen molar-refractivity contribution >= 4 is 49.3 Å². The first kappa shape index (κ1) is 20.4. The van der Waals surface area contributed by atoms with E-state index >= 15 is 0 Å². The van der Waals surface area contributed by atoms with Crippen LogP contribution in [0.3, 0.4) is 0 Å². The molecule has 0 aromatic heterocycles. The average molecular weight is 469 g/mol. The second-order valence-electron chi connectivity index (χ2n) is 6.57. The molecule has 8 heteroatoms. The van der Waals surface area contributed by atoms with Gasteiger partial charge in [0.05, 0.1) is 16.1 Å². The van der Waals surface area contributed by atoms with Gasteiger partial charge in [0.1, 0.15) is 0 Å². The Morgan fingerprint density at radius 1 is 1.22 bits per heavy atom. The summed E-state index contributed by atoms with van der Waals surface area (Å²) in [6, 6.07) is 12.4. The van der Waals surface area contributed by atoms with E-state index in [1.54, 1.807) is 22.7 Å². The number of hydrogen-bond donors (Lipinski definition) is 0. The number of rotatable bonds is 3. The van der Waals surface area contributed by atoms with Crippen LogP contribution in [0.15, 0.2) is 56.7 Å². The monoisotopic (exact) mass is 468 g/mol. The van der Waals surface area contributed by atoms with Crippen molar-refractivity contribution in [2.45, 2.75) is 28.4 Å². The lowest BCUT2D eigenvalue weighted by molar-refractivity contribution is 0.0985. The topological polar surface area (TPSA) is 57.7 Å². The molecule has 1 aliphatic heterocycles. The highest BCUT2D eigenvalue weighted by Crippen LogP contribution is 2.38. The fraction of sp³-hybridized carbons (Fsp3) is 0.316. The normalized spacial score (nSPS) is 17.5. The number of fused-ring (bicyclic) bond motifs is 1. The second kappa shape index (κ2) is 7.95. The number of carbonyl (C=O) groups is 1. The minimum atomic E-state index is -3.62. The van der Waals surface area contributed by atoms with Gasteiger partial charge in [-0.25, -0.2) is 12.7 Å². The Balaban J connectivity index is 2.06. The molecule has 3 rings (SSSR count). The third-order valence-corrected chi connectivity index (χ3v) is 8.18. The molecule has 2 aromatic carbocycles. The van der Waals surface area contributed by atoms with E-state index in [9.17, 15) is 13.2 Å². The number of hydrogen-bond acceptors (Lipinski definition) is 4. The van der Waals surface area contributed by atoms with E-state index in [1.807, 2.05) is 24.3 Å². The minimum absolute atomic E-state index is 0.102. The van der Waals surface area contributed by atoms with Gasteiger partial charge < -0.3 is 4.90 Å². The molecule has 1 atom stereocenters. The fourth-order valence-corrected chi connectivity index (χ4v) is 5.34. The molecule has 0 bridgehead atoms. The van der Waals surface area contributed by atoms with Crippen molar-refractivity contribution in [2.24, 2.45) is 0 Å². The molecular formula is C19H21BrN2O3S2. The number of sulfonamides is 1. The van der Waals surface area contributed by atoms with Gasteiger partial charge in [0.2, 0.25) is 10.0 Å². The van der Waals surface area contributed by atoms with Crippen molar-refractivity contribution in [1.82, 2.24) is 4.31 Å². The molecule has 1 heterocycles. The molecule has 0 saturated heterocycles. The predicted molar refractivity (Wildman–Crippen MR) is 113 cm³/mol. The van der Waals surface area contributed by atoms with Gasteiger partial charge in [0.25, 0.3) is 5.91 Å². The Morgan fingerprint density at radius 2 is 1.93 bits per heavy atom. The van der Waals surface area contributed by atoms with Crippen LogP contribution in [-0.4, -0.2) is 44.5 Å². The zero-order chi connectivity index (χ0) is 19.8. The highest BCUT2D eigenvalue weighted by Gasteiger charge is 2.27. The summed E-state index contributed by atoms with van der Waals surface area (Å²) in [7, 11) is -0.670. The van der Waals surface area contributed by atoms with Crippen molar-refractivity contribution in [3.05, 3.63) is 52.5 Å². The van der Waals surface area contributed by atoms with E-state index in [-0.39, 0.29) is 10.8 Å². The van der Waals surface area contributed by atoms with Gasteiger partial charge in [-0.2, -0.15) is 0 Å². The van der Waals surface area contributed by atoms with Crippen LogP contribution in [0, 0.1) is 0 Å². The maximum atomic E-state index is 13.4. The number of nitrogens with zero attached hydrogens (tertiary/aromatic N) is 2. The van der Waals surface area contributed by atoms with Gasteiger partial charge in [0.15, 0.2) is 0 Å². The molecule has 0 spiro atoms. The molecule has 1 aliphatic rings. The maximum Gasteiger partial charge on any atom is 0.259 e. The minimum Gasteiger partial charge on any atom is -0.307 e. The maximum absolute atomic E-state index is 13.4. The highest BCUT2D eigenvalue weighted by molar-refractivity contribution is 9.10. The predicted octanol–water partition coefficient (Wildman–Crippen LogP) is 4.23. The van der Waals surface area contributed by atoms with Crippen LogP contribution in [-0.2, 0) is 10.0 Å². The van der Waals surface area contributed by atoms with E-state index in [0.29, 0.717) is 21.8 Å². The molecule has 0 fully saturated rings. The Kier molecular flexibility index (Phi) is 6.00. The molecule has 0 N–H and O–H groups in total. The number of benzene rings is 2. The molecule has 2 aromatic rings. The number of thioether (sulfide) groups is 1. The van der Waals surface area contributed by atoms with Gasteiger partial charge in [-0.3, -0.25) is 4.79 Å². The molecule has 144 valence electrons. The molecule has 27 heavy (non-hydrogen) atoms. The quantitative estimate of drug-likeness (QED) is 0.675. The zero-order valence-corrected chi connectivity index (χ0v) is 18.6. The Morgan fingerprint density at radius 3 is 2.63 bits per heavy atom. The van der Waals surface area contributed by atoms with Crippen LogP contribution in [0.5, 0.6) is 0 Å².